The fourth-order valence-electron chi connectivity index (χ4n) is 3.06. The van der Waals surface area contributed by atoms with Crippen molar-refractivity contribution in [3.8, 4) is 0 Å². The van der Waals surface area contributed by atoms with Gasteiger partial charge in [0.25, 0.3) is 20.0 Å². The Labute approximate surface area is 195 Å². The Kier molecular flexibility index (Phi) is 5.91. The summed E-state index contributed by atoms with van der Waals surface area (Å²) in [5, 5.41) is 0.431. The standard InChI is InChI=1S/C22H17ClN2O6S2/c1-14(26)15-6-4-7-18(11-15)32(27,28)24-19-10-9-17(23)13-20(19)25-33(29,30)22-12-16-5-2-3-8-21(16)31-22/h2-13,24-25H,1H3. The van der Waals surface area contributed by atoms with Crippen LogP contribution in [0.1, 0.15) is 17.3 Å². The summed E-state index contributed by atoms with van der Waals surface area (Å²) in [5.74, 6) is -0.294. The molecular formula is C22H17ClN2O6S2. The number of carbonyl (C=O) groups is 1. The molecule has 0 amide bonds. The van der Waals surface area contributed by atoms with Crippen LogP contribution in [0.25, 0.3) is 11.0 Å². The van der Waals surface area contributed by atoms with Gasteiger partial charge in [-0.25, -0.2) is 8.42 Å². The number of ketones is 1. The maximum atomic E-state index is 12.9. The highest BCUT2D eigenvalue weighted by Crippen LogP contribution is 2.31. The predicted octanol–water partition coefficient (Wildman–Crippen LogP) is 4.89. The minimum atomic E-state index is -4.21. The van der Waals surface area contributed by atoms with Crippen molar-refractivity contribution in [3.05, 3.63) is 83.4 Å². The fourth-order valence-corrected chi connectivity index (χ4v) is 5.40. The summed E-state index contributed by atoms with van der Waals surface area (Å²) < 4.78 is 61.8. The summed E-state index contributed by atoms with van der Waals surface area (Å²) in [4.78, 5) is 11.5. The molecule has 2 N–H and O–H groups in total. The van der Waals surface area contributed by atoms with Gasteiger partial charge in [-0.05, 0) is 43.3 Å². The number of carbonyl (C=O) groups excluding carboxylic acids is 1. The van der Waals surface area contributed by atoms with E-state index in [0.29, 0.717) is 11.0 Å². The van der Waals surface area contributed by atoms with Crippen LogP contribution >= 0.6 is 11.6 Å². The minimum absolute atomic E-state index is 0.0627. The highest BCUT2D eigenvalue weighted by molar-refractivity contribution is 7.93. The second kappa shape index (κ2) is 8.54. The van der Waals surface area contributed by atoms with Crippen LogP contribution in [0.5, 0.6) is 0 Å². The molecule has 0 radical (unpaired) electrons. The van der Waals surface area contributed by atoms with Crippen LogP contribution in [0.3, 0.4) is 0 Å². The lowest BCUT2D eigenvalue weighted by Crippen LogP contribution is -2.17. The monoisotopic (exact) mass is 504 g/mol. The molecule has 170 valence electrons. The Morgan fingerprint density at radius 3 is 2.27 bits per heavy atom. The Balaban J connectivity index is 1.69. The zero-order chi connectivity index (χ0) is 23.8. The third-order valence-electron chi connectivity index (χ3n) is 4.69. The molecule has 0 atom stereocenters. The first-order valence-corrected chi connectivity index (χ1v) is 12.8. The minimum Gasteiger partial charge on any atom is -0.443 e. The van der Waals surface area contributed by atoms with Gasteiger partial charge in [0.2, 0.25) is 5.09 Å². The van der Waals surface area contributed by atoms with Crippen LogP contribution in [-0.4, -0.2) is 22.6 Å². The summed E-state index contributed by atoms with van der Waals surface area (Å²) in [6.45, 7) is 1.32. The molecule has 11 heteroatoms. The average molecular weight is 505 g/mol. The molecule has 1 heterocycles. The van der Waals surface area contributed by atoms with E-state index in [1.807, 2.05) is 0 Å². The highest BCUT2D eigenvalue weighted by Gasteiger charge is 2.23. The number of fused-ring (bicyclic) bond motifs is 1. The topological polar surface area (TPSA) is 123 Å². The maximum Gasteiger partial charge on any atom is 0.295 e. The van der Waals surface area contributed by atoms with Gasteiger partial charge in [0, 0.05) is 22.0 Å². The zero-order valence-corrected chi connectivity index (χ0v) is 19.5. The van der Waals surface area contributed by atoms with Gasteiger partial charge in [0.05, 0.1) is 16.3 Å². The van der Waals surface area contributed by atoms with Crippen molar-refractivity contribution in [2.45, 2.75) is 16.9 Å². The lowest BCUT2D eigenvalue weighted by molar-refractivity contribution is 0.101. The molecule has 0 aliphatic rings. The third-order valence-corrected chi connectivity index (χ3v) is 7.51. The number of anilines is 2. The molecule has 4 aromatic rings. The van der Waals surface area contributed by atoms with E-state index in [-0.39, 0.29) is 37.7 Å². The molecule has 8 nitrogen and oxygen atoms in total. The van der Waals surface area contributed by atoms with Crippen LogP contribution in [0, 0.1) is 0 Å². The van der Waals surface area contributed by atoms with Gasteiger partial charge >= 0.3 is 0 Å². The lowest BCUT2D eigenvalue weighted by atomic mass is 10.2. The molecule has 33 heavy (non-hydrogen) atoms. The fraction of sp³-hybridized carbons (Fsp3) is 0.0455. The van der Waals surface area contributed by atoms with E-state index in [9.17, 15) is 21.6 Å². The predicted molar refractivity (Wildman–Crippen MR) is 126 cm³/mol. The molecule has 1 aromatic heterocycles. The number of para-hydroxylation sites is 1. The normalized spacial score (nSPS) is 11.9. The second-order valence-electron chi connectivity index (χ2n) is 7.09. The number of nitrogens with one attached hydrogen (secondary N) is 2. The molecule has 0 bridgehead atoms. The molecule has 0 saturated carbocycles. The SMILES string of the molecule is CC(=O)c1cccc(S(=O)(=O)Nc2ccc(Cl)cc2NS(=O)(=O)c2cc3ccccc3o2)c1. The quantitative estimate of drug-likeness (QED) is 0.345. The molecular weight excluding hydrogens is 488 g/mol. The Morgan fingerprint density at radius 1 is 0.818 bits per heavy atom. The smallest absolute Gasteiger partial charge is 0.295 e. The molecule has 4 rings (SSSR count). The number of hydrogen-bond acceptors (Lipinski definition) is 6. The van der Waals surface area contributed by atoms with Gasteiger partial charge in [-0.15, -0.1) is 0 Å². The first-order valence-electron chi connectivity index (χ1n) is 9.50. The van der Waals surface area contributed by atoms with E-state index >= 15 is 0 Å². The van der Waals surface area contributed by atoms with Gasteiger partial charge in [0.1, 0.15) is 5.58 Å². The Morgan fingerprint density at radius 2 is 1.55 bits per heavy atom. The number of hydrogen-bond donors (Lipinski definition) is 2. The highest BCUT2D eigenvalue weighted by atomic mass is 35.5. The van der Waals surface area contributed by atoms with E-state index in [1.54, 1.807) is 24.3 Å². The number of Topliss-reactive ketones (excluding diaryl/α,β-unsaturated/α-hetero) is 1. The van der Waals surface area contributed by atoms with Crippen molar-refractivity contribution < 1.29 is 26.0 Å². The Hall–Kier alpha value is -3.34. The van der Waals surface area contributed by atoms with Crippen molar-refractivity contribution >= 4 is 59.8 Å². The van der Waals surface area contributed by atoms with E-state index < -0.39 is 20.0 Å². The zero-order valence-electron chi connectivity index (χ0n) is 17.1. The summed E-state index contributed by atoms with van der Waals surface area (Å²) in [5.41, 5.74) is 0.441. The van der Waals surface area contributed by atoms with Crippen molar-refractivity contribution in [1.29, 1.82) is 0 Å². The third kappa shape index (κ3) is 4.87. The number of sulfonamides is 2. The number of furan rings is 1. The van der Waals surface area contributed by atoms with Crippen LogP contribution in [0.15, 0.2) is 87.2 Å². The van der Waals surface area contributed by atoms with Crippen LogP contribution in [-0.2, 0) is 20.0 Å². The lowest BCUT2D eigenvalue weighted by Gasteiger charge is -2.14. The molecule has 0 unspecified atom stereocenters. The van der Waals surface area contributed by atoms with E-state index in [2.05, 4.69) is 9.44 Å². The number of halogens is 1. The van der Waals surface area contributed by atoms with Crippen LogP contribution in [0.2, 0.25) is 5.02 Å². The molecule has 0 aliphatic heterocycles. The maximum absolute atomic E-state index is 12.9. The molecule has 3 aromatic carbocycles. The molecule has 0 spiro atoms. The first kappa shape index (κ1) is 22.8. The van der Waals surface area contributed by atoms with Gasteiger partial charge in [-0.2, -0.15) is 8.42 Å². The van der Waals surface area contributed by atoms with Crippen molar-refractivity contribution in [3.63, 3.8) is 0 Å². The summed E-state index contributed by atoms with van der Waals surface area (Å²) >= 11 is 6.03. The van der Waals surface area contributed by atoms with Gasteiger partial charge < -0.3 is 4.42 Å². The van der Waals surface area contributed by atoms with Gasteiger partial charge in [0.15, 0.2) is 5.78 Å². The Bertz CT molecular complexity index is 1560. The summed E-state index contributed by atoms with van der Waals surface area (Å²) in [6, 6.07) is 17.6. The van der Waals surface area contributed by atoms with Crippen LogP contribution < -0.4 is 9.44 Å². The van der Waals surface area contributed by atoms with Crippen molar-refractivity contribution in [1.82, 2.24) is 0 Å². The molecule has 0 fully saturated rings. The van der Waals surface area contributed by atoms with Crippen molar-refractivity contribution in [2.24, 2.45) is 0 Å². The van der Waals surface area contributed by atoms with Gasteiger partial charge in [-0.1, -0.05) is 41.9 Å². The average Bonchev–Trinajstić information content (AvgIpc) is 3.21. The van der Waals surface area contributed by atoms with Crippen molar-refractivity contribution in [2.75, 3.05) is 9.44 Å². The van der Waals surface area contributed by atoms with E-state index in [4.69, 9.17) is 16.0 Å². The number of rotatable bonds is 7. The second-order valence-corrected chi connectivity index (χ2v) is 10.8. The largest absolute Gasteiger partial charge is 0.443 e. The van der Waals surface area contributed by atoms with E-state index in [0.717, 1.165) is 0 Å². The molecule has 0 aliphatic carbocycles. The number of benzene rings is 3. The summed E-state index contributed by atoms with van der Waals surface area (Å²) in [7, 11) is -8.36. The van der Waals surface area contributed by atoms with E-state index in [1.165, 1.54) is 55.5 Å². The van der Waals surface area contributed by atoms with Crippen LogP contribution in [0.4, 0.5) is 11.4 Å². The summed E-state index contributed by atoms with van der Waals surface area (Å²) in [6.07, 6.45) is 0. The first-order chi connectivity index (χ1) is 15.5. The van der Waals surface area contributed by atoms with Gasteiger partial charge in [-0.3, -0.25) is 14.2 Å². The molecule has 0 saturated heterocycles.